The van der Waals surface area contributed by atoms with Crippen LogP contribution in [-0.4, -0.2) is 29.2 Å². The molecule has 0 radical (unpaired) electrons. The van der Waals surface area contributed by atoms with Gasteiger partial charge in [-0.3, -0.25) is 0 Å². The summed E-state index contributed by atoms with van der Waals surface area (Å²) < 4.78 is 6.61. The zero-order valence-corrected chi connectivity index (χ0v) is 11.3. The van der Waals surface area contributed by atoms with Crippen LogP contribution in [0.25, 0.3) is 0 Å². The average molecular weight is 333 g/mol. The number of rotatable bonds is 4. The zero-order valence-electron chi connectivity index (χ0n) is 9.16. The Kier molecular flexibility index (Phi) is 4.77. The highest BCUT2D eigenvalue weighted by molar-refractivity contribution is 14.1. The van der Waals surface area contributed by atoms with Crippen molar-refractivity contribution in [3.05, 3.63) is 16.1 Å². The summed E-state index contributed by atoms with van der Waals surface area (Å²) in [5.74, 6) is 0.700. The molecule has 1 aliphatic heterocycles. The normalized spacial score (nSPS) is 20.7. The number of hydrogen-bond acceptors (Lipinski definition) is 4. The summed E-state index contributed by atoms with van der Waals surface area (Å²) in [5, 5.41) is 3.51. The van der Waals surface area contributed by atoms with Crippen LogP contribution in [0, 0.1) is 3.57 Å². The van der Waals surface area contributed by atoms with Crippen LogP contribution in [0.4, 0.5) is 0 Å². The van der Waals surface area contributed by atoms with E-state index in [2.05, 4.69) is 37.9 Å². The zero-order chi connectivity index (χ0) is 11.2. The second-order valence-electron chi connectivity index (χ2n) is 3.96. The van der Waals surface area contributed by atoms with Gasteiger partial charge in [0.2, 0.25) is 5.88 Å². The molecule has 1 aromatic heterocycles. The van der Waals surface area contributed by atoms with Crippen molar-refractivity contribution in [3.63, 3.8) is 0 Å². The van der Waals surface area contributed by atoms with Crippen molar-refractivity contribution in [1.29, 1.82) is 0 Å². The molecule has 1 unspecified atom stereocenters. The Balaban J connectivity index is 1.73. The first kappa shape index (κ1) is 12.0. The first-order valence-electron chi connectivity index (χ1n) is 5.68. The number of hydrogen-bond donors (Lipinski definition) is 1. The van der Waals surface area contributed by atoms with Gasteiger partial charge in [-0.25, -0.2) is 9.97 Å². The van der Waals surface area contributed by atoms with Gasteiger partial charge < -0.3 is 10.1 Å². The van der Waals surface area contributed by atoms with E-state index in [-0.39, 0.29) is 0 Å². The van der Waals surface area contributed by atoms with Gasteiger partial charge in [-0.15, -0.1) is 0 Å². The molecule has 1 aromatic rings. The van der Waals surface area contributed by atoms with Gasteiger partial charge in [-0.1, -0.05) is 6.42 Å². The van der Waals surface area contributed by atoms with Gasteiger partial charge in [0.25, 0.3) is 0 Å². The quantitative estimate of drug-likeness (QED) is 0.856. The summed E-state index contributed by atoms with van der Waals surface area (Å²) in [5.41, 5.74) is 0. The molecule has 1 atom stereocenters. The third-order valence-corrected chi connectivity index (χ3v) is 3.49. The number of halogens is 1. The van der Waals surface area contributed by atoms with E-state index in [1.54, 1.807) is 6.20 Å². The molecule has 0 aromatic carbocycles. The third kappa shape index (κ3) is 3.55. The number of piperidine rings is 1. The average Bonchev–Trinajstić information content (AvgIpc) is 2.33. The summed E-state index contributed by atoms with van der Waals surface area (Å²) in [6.07, 6.45) is 8.26. The van der Waals surface area contributed by atoms with Crippen LogP contribution in [0.2, 0.25) is 0 Å². The molecule has 0 saturated carbocycles. The number of nitrogens with one attached hydrogen (secondary N) is 1. The van der Waals surface area contributed by atoms with Gasteiger partial charge in [0.05, 0.1) is 10.2 Å². The predicted octanol–water partition coefficient (Wildman–Crippen LogP) is 1.99. The van der Waals surface area contributed by atoms with Crippen molar-refractivity contribution in [2.75, 3.05) is 13.2 Å². The van der Waals surface area contributed by atoms with Gasteiger partial charge in [0.1, 0.15) is 6.33 Å². The van der Waals surface area contributed by atoms with Crippen molar-refractivity contribution in [1.82, 2.24) is 15.3 Å². The van der Waals surface area contributed by atoms with Gasteiger partial charge in [0.15, 0.2) is 0 Å². The van der Waals surface area contributed by atoms with Gasteiger partial charge in [-0.2, -0.15) is 0 Å². The van der Waals surface area contributed by atoms with Gasteiger partial charge >= 0.3 is 0 Å². The fourth-order valence-corrected chi connectivity index (χ4v) is 2.33. The molecule has 5 heteroatoms. The Morgan fingerprint density at radius 1 is 1.50 bits per heavy atom. The minimum Gasteiger partial charge on any atom is -0.477 e. The van der Waals surface area contributed by atoms with Crippen molar-refractivity contribution >= 4 is 22.6 Å². The summed E-state index contributed by atoms with van der Waals surface area (Å²) in [4.78, 5) is 8.03. The third-order valence-electron chi connectivity index (χ3n) is 2.75. The molecular formula is C11H16IN3O. The number of nitrogens with zero attached hydrogens (tertiary/aromatic N) is 2. The minimum atomic E-state index is 0.619. The van der Waals surface area contributed by atoms with Gasteiger partial charge in [-0.05, 0) is 48.4 Å². The van der Waals surface area contributed by atoms with E-state index >= 15 is 0 Å². The van der Waals surface area contributed by atoms with Crippen LogP contribution < -0.4 is 10.1 Å². The Hall–Kier alpha value is -0.430. The first-order valence-corrected chi connectivity index (χ1v) is 6.76. The Labute approximate surface area is 109 Å². The molecule has 0 spiro atoms. The van der Waals surface area contributed by atoms with Crippen LogP contribution in [0.1, 0.15) is 25.7 Å². The highest BCUT2D eigenvalue weighted by atomic mass is 127. The molecule has 0 amide bonds. The van der Waals surface area contributed by atoms with Crippen molar-refractivity contribution in [2.24, 2.45) is 0 Å². The van der Waals surface area contributed by atoms with E-state index in [1.807, 2.05) is 0 Å². The largest absolute Gasteiger partial charge is 0.477 e. The lowest BCUT2D eigenvalue weighted by Crippen LogP contribution is -2.35. The van der Waals surface area contributed by atoms with E-state index in [1.165, 1.54) is 25.6 Å². The highest BCUT2D eigenvalue weighted by Gasteiger charge is 2.12. The fourth-order valence-electron chi connectivity index (χ4n) is 1.88. The van der Waals surface area contributed by atoms with Crippen LogP contribution in [-0.2, 0) is 0 Å². The second kappa shape index (κ2) is 6.34. The topological polar surface area (TPSA) is 47.0 Å². The van der Waals surface area contributed by atoms with E-state index in [9.17, 15) is 0 Å². The van der Waals surface area contributed by atoms with Crippen molar-refractivity contribution in [2.45, 2.75) is 31.7 Å². The molecule has 88 valence electrons. The van der Waals surface area contributed by atoms with Crippen LogP contribution in [0.5, 0.6) is 5.88 Å². The molecule has 1 N–H and O–H groups in total. The summed E-state index contributed by atoms with van der Waals surface area (Å²) in [6, 6.07) is 0.619. The monoisotopic (exact) mass is 333 g/mol. The molecule has 0 bridgehead atoms. The lowest BCUT2D eigenvalue weighted by molar-refractivity contribution is 0.258. The lowest BCUT2D eigenvalue weighted by Gasteiger charge is -2.23. The van der Waals surface area contributed by atoms with Crippen LogP contribution >= 0.6 is 22.6 Å². The molecule has 2 heterocycles. The maximum Gasteiger partial charge on any atom is 0.230 e. The Bertz CT molecular complexity index is 329. The molecule has 1 fully saturated rings. The second-order valence-corrected chi connectivity index (χ2v) is 5.12. The van der Waals surface area contributed by atoms with Crippen molar-refractivity contribution < 1.29 is 4.74 Å². The first-order chi connectivity index (χ1) is 7.86. The summed E-state index contributed by atoms with van der Waals surface area (Å²) in [6.45, 7) is 1.88. The van der Waals surface area contributed by atoms with Crippen molar-refractivity contribution in [3.8, 4) is 5.88 Å². The minimum absolute atomic E-state index is 0.619. The van der Waals surface area contributed by atoms with Crippen LogP contribution in [0.3, 0.4) is 0 Å². The Morgan fingerprint density at radius 2 is 2.44 bits per heavy atom. The summed E-state index contributed by atoms with van der Waals surface area (Å²) in [7, 11) is 0. The van der Waals surface area contributed by atoms with Crippen LogP contribution in [0.15, 0.2) is 12.5 Å². The van der Waals surface area contributed by atoms with E-state index < -0.39 is 0 Å². The molecule has 0 aliphatic carbocycles. The molecular weight excluding hydrogens is 317 g/mol. The van der Waals surface area contributed by atoms with E-state index in [0.29, 0.717) is 11.9 Å². The number of ether oxygens (including phenoxy) is 1. The lowest BCUT2D eigenvalue weighted by atomic mass is 10.0. The van der Waals surface area contributed by atoms with Gasteiger partial charge in [0, 0.05) is 12.2 Å². The number of aromatic nitrogens is 2. The predicted molar refractivity (Wildman–Crippen MR) is 70.5 cm³/mol. The Morgan fingerprint density at radius 3 is 3.19 bits per heavy atom. The maximum absolute atomic E-state index is 5.64. The fraction of sp³-hybridized carbons (Fsp3) is 0.636. The van der Waals surface area contributed by atoms with E-state index in [4.69, 9.17) is 4.74 Å². The van der Waals surface area contributed by atoms with E-state index in [0.717, 1.165) is 23.1 Å². The molecule has 4 nitrogen and oxygen atoms in total. The standard InChI is InChI=1S/C11H16IN3O/c12-10-7-13-8-15-11(10)16-6-4-9-3-1-2-5-14-9/h7-9,14H,1-6H2. The maximum atomic E-state index is 5.64. The molecule has 2 rings (SSSR count). The SMILES string of the molecule is Ic1cncnc1OCCC1CCCCN1. The summed E-state index contributed by atoms with van der Waals surface area (Å²) >= 11 is 2.19. The highest BCUT2D eigenvalue weighted by Crippen LogP contribution is 2.16. The molecule has 16 heavy (non-hydrogen) atoms. The molecule has 1 aliphatic rings. The smallest absolute Gasteiger partial charge is 0.230 e. The molecule has 1 saturated heterocycles.